The van der Waals surface area contributed by atoms with Crippen molar-refractivity contribution in [2.24, 2.45) is 10.9 Å². The van der Waals surface area contributed by atoms with Gasteiger partial charge in [-0.15, -0.1) is 11.3 Å². The molecule has 0 aliphatic rings. The predicted molar refractivity (Wildman–Crippen MR) is 67.6 cm³/mol. The highest BCUT2D eigenvalue weighted by Crippen LogP contribution is 2.21. The summed E-state index contributed by atoms with van der Waals surface area (Å²) in [5.74, 6) is -0.282. The summed E-state index contributed by atoms with van der Waals surface area (Å²) in [5, 5.41) is 13.4. The van der Waals surface area contributed by atoms with E-state index in [1.165, 1.54) is 18.2 Å². The molecule has 6 heteroatoms. The second-order valence-electron chi connectivity index (χ2n) is 3.49. The van der Waals surface area contributed by atoms with E-state index >= 15 is 0 Å². The molecule has 1 aromatic heterocycles. The Morgan fingerprint density at radius 1 is 1.44 bits per heavy atom. The van der Waals surface area contributed by atoms with E-state index in [4.69, 9.17) is 15.7 Å². The Bertz CT molecular complexity index is 555. The van der Waals surface area contributed by atoms with E-state index in [0.717, 1.165) is 4.88 Å². The Morgan fingerprint density at radius 2 is 2.28 bits per heavy atom. The summed E-state index contributed by atoms with van der Waals surface area (Å²) >= 11 is 1.56. The minimum absolute atomic E-state index is 0.185. The Hall–Kier alpha value is -2.08. The van der Waals surface area contributed by atoms with Crippen molar-refractivity contribution >= 4 is 17.2 Å². The lowest BCUT2D eigenvalue weighted by atomic mass is 10.2. The Kier molecular flexibility index (Phi) is 3.78. The maximum atomic E-state index is 13.1. The zero-order valence-corrected chi connectivity index (χ0v) is 10.2. The van der Waals surface area contributed by atoms with E-state index < -0.39 is 5.82 Å². The number of nitrogens with two attached hydrogens (primary N) is 1. The second kappa shape index (κ2) is 5.50. The van der Waals surface area contributed by atoms with Gasteiger partial charge >= 0.3 is 0 Å². The molecule has 0 saturated heterocycles. The van der Waals surface area contributed by atoms with Gasteiger partial charge in [-0.25, -0.2) is 4.39 Å². The molecule has 3 N–H and O–H groups in total. The molecule has 1 heterocycles. The molecule has 0 unspecified atom stereocenters. The maximum Gasteiger partial charge on any atom is 0.173 e. The van der Waals surface area contributed by atoms with Crippen LogP contribution in [0.25, 0.3) is 0 Å². The predicted octanol–water partition coefficient (Wildman–Crippen LogP) is 2.56. The first-order valence-corrected chi connectivity index (χ1v) is 6.01. The average molecular weight is 266 g/mol. The van der Waals surface area contributed by atoms with Crippen LogP contribution in [-0.4, -0.2) is 11.0 Å². The van der Waals surface area contributed by atoms with Crippen LogP contribution in [0.5, 0.6) is 5.75 Å². The molecule has 1 aromatic carbocycles. The molecule has 0 radical (unpaired) electrons. The van der Waals surface area contributed by atoms with Crippen molar-refractivity contribution in [3.05, 3.63) is 52.0 Å². The number of benzene rings is 1. The van der Waals surface area contributed by atoms with Gasteiger partial charge in [0.15, 0.2) is 5.84 Å². The molecule has 0 amide bonds. The fourth-order valence-corrected chi connectivity index (χ4v) is 2.04. The van der Waals surface area contributed by atoms with Gasteiger partial charge in [-0.05, 0) is 29.6 Å². The van der Waals surface area contributed by atoms with Crippen LogP contribution >= 0.6 is 11.3 Å². The number of hydrogen-bond donors (Lipinski definition) is 2. The van der Waals surface area contributed by atoms with Crippen LogP contribution < -0.4 is 10.5 Å². The Morgan fingerprint density at radius 3 is 2.94 bits per heavy atom. The Labute approximate surface area is 107 Å². The first-order valence-electron chi connectivity index (χ1n) is 5.13. The second-order valence-corrected chi connectivity index (χ2v) is 4.53. The molecular formula is C12H11FN2O2S. The summed E-state index contributed by atoms with van der Waals surface area (Å²) in [5.41, 5.74) is 5.70. The van der Waals surface area contributed by atoms with E-state index in [9.17, 15) is 4.39 Å². The van der Waals surface area contributed by atoms with Gasteiger partial charge in [-0.3, -0.25) is 0 Å². The third-order valence-electron chi connectivity index (χ3n) is 2.28. The van der Waals surface area contributed by atoms with Gasteiger partial charge in [0.25, 0.3) is 0 Å². The van der Waals surface area contributed by atoms with Crippen LogP contribution in [0.1, 0.15) is 10.4 Å². The molecule has 18 heavy (non-hydrogen) atoms. The monoisotopic (exact) mass is 266 g/mol. The Balaban J connectivity index is 2.21. The standard InChI is InChI=1S/C12H11FN2O2S/c13-8-3-4-11(10(6-8)12(14)15-16)17-7-9-2-1-5-18-9/h1-6,16H,7H2,(H2,14,15). The number of rotatable bonds is 4. The number of hydrogen-bond acceptors (Lipinski definition) is 4. The van der Waals surface area contributed by atoms with Crippen molar-refractivity contribution < 1.29 is 14.3 Å². The molecule has 2 rings (SSSR count). The lowest BCUT2D eigenvalue weighted by Crippen LogP contribution is -2.15. The molecule has 0 saturated carbocycles. The maximum absolute atomic E-state index is 13.1. The lowest BCUT2D eigenvalue weighted by Gasteiger charge is -2.09. The van der Waals surface area contributed by atoms with Gasteiger partial charge in [0.2, 0.25) is 0 Å². The molecular weight excluding hydrogens is 255 g/mol. The molecule has 94 valence electrons. The normalized spacial score (nSPS) is 11.5. The summed E-state index contributed by atoms with van der Waals surface area (Å²) in [4.78, 5) is 1.03. The number of halogens is 1. The first kappa shape index (κ1) is 12.4. The SMILES string of the molecule is NC(=NO)c1cc(F)ccc1OCc1cccs1. The van der Waals surface area contributed by atoms with Crippen molar-refractivity contribution in [3.8, 4) is 5.75 Å². The zero-order chi connectivity index (χ0) is 13.0. The van der Waals surface area contributed by atoms with Crippen molar-refractivity contribution in [3.63, 3.8) is 0 Å². The first-order chi connectivity index (χ1) is 8.70. The molecule has 0 aliphatic carbocycles. The van der Waals surface area contributed by atoms with Crippen LogP contribution in [0.2, 0.25) is 0 Å². The van der Waals surface area contributed by atoms with E-state index in [0.29, 0.717) is 12.4 Å². The van der Waals surface area contributed by atoms with Crippen molar-refractivity contribution in [1.82, 2.24) is 0 Å². The van der Waals surface area contributed by atoms with Crippen molar-refractivity contribution in [1.29, 1.82) is 0 Å². The highest BCUT2D eigenvalue weighted by molar-refractivity contribution is 7.09. The summed E-state index contributed by atoms with van der Waals surface area (Å²) in [6.07, 6.45) is 0. The highest BCUT2D eigenvalue weighted by atomic mass is 32.1. The summed E-state index contributed by atoms with van der Waals surface area (Å²) in [6.45, 7) is 0.356. The van der Waals surface area contributed by atoms with E-state index in [1.54, 1.807) is 11.3 Å². The smallest absolute Gasteiger partial charge is 0.173 e. The third-order valence-corrected chi connectivity index (χ3v) is 3.13. The van der Waals surface area contributed by atoms with Crippen LogP contribution in [0.15, 0.2) is 40.9 Å². The van der Waals surface area contributed by atoms with Gasteiger partial charge in [-0.2, -0.15) is 0 Å². The summed E-state index contributed by atoms with van der Waals surface area (Å²) < 4.78 is 18.6. The average Bonchev–Trinajstić information content (AvgIpc) is 2.89. The van der Waals surface area contributed by atoms with Crippen molar-refractivity contribution in [2.75, 3.05) is 0 Å². The van der Waals surface area contributed by atoms with Gasteiger partial charge in [0.05, 0.1) is 5.56 Å². The summed E-state index contributed by atoms with van der Waals surface area (Å²) in [6, 6.07) is 7.73. The topological polar surface area (TPSA) is 67.8 Å². The fraction of sp³-hybridized carbons (Fsp3) is 0.0833. The van der Waals surface area contributed by atoms with Gasteiger partial charge < -0.3 is 15.7 Å². The van der Waals surface area contributed by atoms with Gasteiger partial charge in [-0.1, -0.05) is 11.2 Å². The van der Waals surface area contributed by atoms with Crippen LogP contribution in [0.3, 0.4) is 0 Å². The third kappa shape index (κ3) is 2.78. The molecule has 0 fully saturated rings. The number of thiophene rings is 1. The fourth-order valence-electron chi connectivity index (χ4n) is 1.43. The van der Waals surface area contributed by atoms with E-state index in [-0.39, 0.29) is 11.4 Å². The molecule has 0 aliphatic heterocycles. The summed E-state index contributed by atoms with van der Waals surface area (Å²) in [7, 11) is 0. The number of oxime groups is 1. The van der Waals surface area contributed by atoms with Crippen molar-refractivity contribution in [2.45, 2.75) is 6.61 Å². The minimum Gasteiger partial charge on any atom is -0.487 e. The molecule has 0 spiro atoms. The minimum atomic E-state index is -0.472. The number of ether oxygens (including phenoxy) is 1. The van der Waals surface area contributed by atoms with E-state index in [2.05, 4.69) is 5.16 Å². The molecule has 4 nitrogen and oxygen atoms in total. The van der Waals surface area contributed by atoms with Gasteiger partial charge in [0, 0.05) is 4.88 Å². The van der Waals surface area contributed by atoms with Crippen LogP contribution in [0, 0.1) is 5.82 Å². The largest absolute Gasteiger partial charge is 0.487 e. The van der Waals surface area contributed by atoms with E-state index in [1.807, 2.05) is 17.5 Å². The number of nitrogens with zero attached hydrogens (tertiary/aromatic N) is 1. The quantitative estimate of drug-likeness (QED) is 0.387. The van der Waals surface area contributed by atoms with Crippen LogP contribution in [0.4, 0.5) is 4.39 Å². The molecule has 0 bridgehead atoms. The molecule has 2 aromatic rings. The number of amidine groups is 1. The van der Waals surface area contributed by atoms with Gasteiger partial charge in [0.1, 0.15) is 18.2 Å². The zero-order valence-electron chi connectivity index (χ0n) is 9.34. The highest BCUT2D eigenvalue weighted by Gasteiger charge is 2.10. The van der Waals surface area contributed by atoms with Crippen LogP contribution in [-0.2, 0) is 6.61 Å². The molecule has 0 atom stereocenters. The lowest BCUT2D eigenvalue weighted by molar-refractivity contribution is 0.305.